The maximum absolute atomic E-state index is 13.4. The Hall–Kier alpha value is -4.06. The molecule has 1 aromatic heterocycles. The number of ether oxygens (including phenoxy) is 2. The number of amides is 1. The Morgan fingerprint density at radius 3 is 2.42 bits per heavy atom. The Kier molecular flexibility index (Phi) is 6.18. The van der Waals surface area contributed by atoms with Crippen LogP contribution in [0.3, 0.4) is 0 Å². The Morgan fingerprint density at radius 2 is 1.73 bits per heavy atom. The van der Waals surface area contributed by atoms with Gasteiger partial charge in [0, 0.05) is 28.7 Å². The number of carbonyl (C=O) groups excluding carboxylic acids is 1. The van der Waals surface area contributed by atoms with Crippen LogP contribution < -0.4 is 14.8 Å². The Labute approximate surface area is 191 Å². The van der Waals surface area contributed by atoms with Gasteiger partial charge in [-0.1, -0.05) is 18.2 Å². The van der Waals surface area contributed by atoms with E-state index < -0.39 is 0 Å². The molecule has 168 valence electrons. The number of fused-ring (bicyclic) bond motifs is 1. The van der Waals surface area contributed by atoms with Gasteiger partial charge in [0.25, 0.3) is 0 Å². The fourth-order valence-corrected chi connectivity index (χ4v) is 3.75. The van der Waals surface area contributed by atoms with E-state index in [1.165, 1.54) is 18.2 Å². The summed E-state index contributed by atoms with van der Waals surface area (Å²) in [7, 11) is 3.13. The standard InChI is InChI=1S/C27H24FNO4/c1-16-5-10-24(31-3)23(11-16)29-27(30)12-17(2)20-13-21-22(18-6-8-19(28)9-7-18)15-33-26(21)14-25(20)32-4/h5-15H,1-4H3,(H,29,30)/b17-12+. The maximum atomic E-state index is 13.4. The van der Waals surface area contributed by atoms with Crippen molar-refractivity contribution in [2.75, 3.05) is 19.5 Å². The van der Waals surface area contributed by atoms with Gasteiger partial charge in [0.15, 0.2) is 0 Å². The fourth-order valence-electron chi connectivity index (χ4n) is 3.75. The molecular formula is C27H24FNO4. The van der Waals surface area contributed by atoms with Crippen molar-refractivity contribution in [2.24, 2.45) is 0 Å². The predicted molar refractivity (Wildman–Crippen MR) is 128 cm³/mol. The van der Waals surface area contributed by atoms with Crippen molar-refractivity contribution >= 4 is 28.1 Å². The zero-order valence-corrected chi connectivity index (χ0v) is 18.9. The minimum atomic E-state index is -0.302. The van der Waals surface area contributed by atoms with Gasteiger partial charge < -0.3 is 19.2 Å². The average molecular weight is 445 g/mol. The number of anilines is 1. The van der Waals surface area contributed by atoms with Crippen molar-refractivity contribution in [2.45, 2.75) is 13.8 Å². The van der Waals surface area contributed by atoms with Crippen LogP contribution in [0.5, 0.6) is 11.5 Å². The zero-order chi connectivity index (χ0) is 23.5. The lowest BCUT2D eigenvalue weighted by Gasteiger charge is -2.12. The first-order chi connectivity index (χ1) is 15.9. The van der Waals surface area contributed by atoms with E-state index in [1.54, 1.807) is 38.7 Å². The first-order valence-electron chi connectivity index (χ1n) is 10.4. The second-order valence-corrected chi connectivity index (χ2v) is 7.73. The molecule has 3 aromatic carbocycles. The molecule has 0 aliphatic rings. The van der Waals surface area contributed by atoms with Crippen LogP contribution in [0.1, 0.15) is 18.1 Å². The topological polar surface area (TPSA) is 60.7 Å². The maximum Gasteiger partial charge on any atom is 0.248 e. The quantitative estimate of drug-likeness (QED) is 0.339. The third kappa shape index (κ3) is 4.60. The van der Waals surface area contributed by atoms with Gasteiger partial charge in [-0.05, 0) is 60.9 Å². The van der Waals surface area contributed by atoms with Gasteiger partial charge in [0.1, 0.15) is 22.9 Å². The average Bonchev–Trinajstić information content (AvgIpc) is 3.21. The molecule has 1 N–H and O–H groups in total. The van der Waals surface area contributed by atoms with Crippen LogP contribution in [-0.2, 0) is 4.79 Å². The molecule has 0 saturated heterocycles. The van der Waals surface area contributed by atoms with Crippen molar-refractivity contribution in [3.05, 3.63) is 83.9 Å². The number of hydrogen-bond donors (Lipinski definition) is 1. The molecule has 0 spiro atoms. The number of allylic oxidation sites excluding steroid dienone is 1. The smallest absolute Gasteiger partial charge is 0.248 e. The molecule has 5 nitrogen and oxygen atoms in total. The van der Waals surface area contributed by atoms with E-state index in [-0.39, 0.29) is 11.7 Å². The SMILES string of the molecule is COc1ccc(C)cc1NC(=O)/C=C(\C)c1cc2c(-c3ccc(F)cc3)coc2cc1OC. The summed E-state index contributed by atoms with van der Waals surface area (Å²) in [6, 6.07) is 15.5. The van der Waals surface area contributed by atoms with Crippen molar-refractivity contribution < 1.29 is 23.1 Å². The van der Waals surface area contributed by atoms with Gasteiger partial charge >= 0.3 is 0 Å². The summed E-state index contributed by atoms with van der Waals surface area (Å²) in [5, 5.41) is 3.72. The molecule has 6 heteroatoms. The lowest BCUT2D eigenvalue weighted by molar-refractivity contribution is -0.111. The van der Waals surface area contributed by atoms with Gasteiger partial charge in [0.05, 0.1) is 26.2 Å². The molecule has 0 unspecified atom stereocenters. The molecule has 0 aliphatic heterocycles. The molecule has 0 saturated carbocycles. The summed E-state index contributed by atoms with van der Waals surface area (Å²) in [4.78, 5) is 12.8. The number of hydrogen-bond acceptors (Lipinski definition) is 4. The Balaban J connectivity index is 1.71. The predicted octanol–water partition coefficient (Wildman–Crippen LogP) is 6.61. The van der Waals surface area contributed by atoms with Crippen LogP contribution in [0.25, 0.3) is 27.7 Å². The number of furan rings is 1. The van der Waals surface area contributed by atoms with Crippen LogP contribution in [0, 0.1) is 12.7 Å². The molecule has 0 fully saturated rings. The normalized spacial score (nSPS) is 11.5. The summed E-state index contributed by atoms with van der Waals surface area (Å²) in [6.45, 7) is 3.79. The number of benzene rings is 3. The van der Waals surface area contributed by atoms with Crippen molar-refractivity contribution in [1.29, 1.82) is 0 Å². The highest BCUT2D eigenvalue weighted by Gasteiger charge is 2.15. The number of halogens is 1. The van der Waals surface area contributed by atoms with Crippen molar-refractivity contribution in [3.63, 3.8) is 0 Å². The Morgan fingerprint density at radius 1 is 1.00 bits per heavy atom. The highest BCUT2D eigenvalue weighted by molar-refractivity contribution is 6.06. The summed E-state index contributed by atoms with van der Waals surface area (Å²) in [5.74, 6) is 0.576. The highest BCUT2D eigenvalue weighted by atomic mass is 19.1. The minimum Gasteiger partial charge on any atom is -0.496 e. The molecule has 1 amide bonds. The van der Waals surface area contributed by atoms with Crippen molar-refractivity contribution in [3.8, 4) is 22.6 Å². The molecule has 33 heavy (non-hydrogen) atoms. The van der Waals surface area contributed by atoms with Gasteiger partial charge in [-0.15, -0.1) is 0 Å². The second-order valence-electron chi connectivity index (χ2n) is 7.73. The molecule has 0 aliphatic carbocycles. The number of nitrogens with one attached hydrogen (secondary N) is 1. The van der Waals surface area contributed by atoms with E-state index in [1.807, 2.05) is 38.1 Å². The molecule has 0 atom stereocenters. The van der Waals surface area contributed by atoms with E-state index in [0.29, 0.717) is 28.3 Å². The number of rotatable bonds is 6. The molecule has 0 bridgehead atoms. The van der Waals surface area contributed by atoms with Crippen molar-refractivity contribution in [1.82, 2.24) is 0 Å². The molecule has 4 rings (SSSR count). The molecule has 4 aromatic rings. The lowest BCUT2D eigenvalue weighted by atomic mass is 9.99. The third-order valence-electron chi connectivity index (χ3n) is 5.44. The van der Waals surface area contributed by atoms with Crippen LogP contribution in [-0.4, -0.2) is 20.1 Å². The summed E-state index contributed by atoms with van der Waals surface area (Å²) in [6.07, 6.45) is 3.15. The summed E-state index contributed by atoms with van der Waals surface area (Å²) >= 11 is 0. The summed E-state index contributed by atoms with van der Waals surface area (Å²) < 4.78 is 30.0. The van der Waals surface area contributed by atoms with Gasteiger partial charge in [0.2, 0.25) is 5.91 Å². The largest absolute Gasteiger partial charge is 0.496 e. The van der Waals surface area contributed by atoms with E-state index in [0.717, 1.165) is 27.6 Å². The van der Waals surface area contributed by atoms with Gasteiger partial charge in [-0.3, -0.25) is 4.79 Å². The van der Waals surface area contributed by atoms with Gasteiger partial charge in [-0.25, -0.2) is 4.39 Å². The zero-order valence-electron chi connectivity index (χ0n) is 18.9. The minimum absolute atomic E-state index is 0.287. The highest BCUT2D eigenvalue weighted by Crippen LogP contribution is 2.37. The monoisotopic (exact) mass is 445 g/mol. The van der Waals surface area contributed by atoms with Crippen LogP contribution in [0.4, 0.5) is 10.1 Å². The fraction of sp³-hybridized carbons (Fsp3) is 0.148. The van der Waals surface area contributed by atoms with E-state index in [2.05, 4.69) is 5.32 Å². The number of aryl methyl sites for hydroxylation is 1. The molecule has 1 heterocycles. The number of carbonyl (C=O) groups is 1. The van der Waals surface area contributed by atoms with Crippen LogP contribution in [0.2, 0.25) is 0 Å². The van der Waals surface area contributed by atoms with E-state index >= 15 is 0 Å². The first-order valence-corrected chi connectivity index (χ1v) is 10.4. The Bertz CT molecular complexity index is 1350. The second kappa shape index (κ2) is 9.20. The summed E-state index contributed by atoms with van der Waals surface area (Å²) in [5.41, 5.74) is 5.37. The molecular weight excluding hydrogens is 421 g/mol. The van der Waals surface area contributed by atoms with Gasteiger partial charge in [-0.2, -0.15) is 0 Å². The van der Waals surface area contributed by atoms with E-state index in [9.17, 15) is 9.18 Å². The third-order valence-corrected chi connectivity index (χ3v) is 5.44. The molecule has 0 radical (unpaired) electrons. The van der Waals surface area contributed by atoms with Crippen LogP contribution >= 0.6 is 0 Å². The van der Waals surface area contributed by atoms with Crippen LogP contribution in [0.15, 0.2) is 71.4 Å². The first kappa shape index (κ1) is 22.1. The number of methoxy groups -OCH3 is 2. The van der Waals surface area contributed by atoms with E-state index in [4.69, 9.17) is 13.9 Å². The lowest BCUT2D eigenvalue weighted by Crippen LogP contribution is -2.10.